The number of ether oxygens (including phenoxy) is 1. The monoisotopic (exact) mass is 461 g/mol. The highest BCUT2D eigenvalue weighted by Crippen LogP contribution is 2.40. The fourth-order valence-electron chi connectivity index (χ4n) is 3.93. The average molecular weight is 462 g/mol. The standard InChI is InChI=1S/C25H24FN5OS/c1-32-20-4-2-3-19(15-20)29-25-28-14-11-21(30-25)23-22(16-5-7-18(26)8-6-16)31-24(33-23)17-9-12-27-13-10-17/h2-8,11,14-15,17,27H,9-10,12-13H2,1H3,(H,28,29,30). The molecule has 1 aliphatic rings. The Balaban J connectivity index is 1.52. The third-order valence-electron chi connectivity index (χ3n) is 5.66. The molecule has 3 heterocycles. The summed E-state index contributed by atoms with van der Waals surface area (Å²) in [6.07, 6.45) is 3.85. The summed E-state index contributed by atoms with van der Waals surface area (Å²) in [5, 5.41) is 7.76. The molecule has 0 atom stereocenters. The molecular formula is C25H24FN5OS. The van der Waals surface area contributed by atoms with Crippen molar-refractivity contribution in [3.05, 3.63) is 71.6 Å². The molecule has 2 aromatic carbocycles. The maximum atomic E-state index is 13.6. The van der Waals surface area contributed by atoms with Crippen LogP contribution in [0.15, 0.2) is 60.8 Å². The smallest absolute Gasteiger partial charge is 0.227 e. The molecule has 2 N–H and O–H groups in total. The minimum absolute atomic E-state index is 0.263. The lowest BCUT2D eigenvalue weighted by molar-refractivity contribution is 0.415. The third kappa shape index (κ3) is 4.86. The van der Waals surface area contributed by atoms with Crippen LogP contribution in [0.5, 0.6) is 5.75 Å². The lowest BCUT2D eigenvalue weighted by Gasteiger charge is -2.20. The first-order valence-electron chi connectivity index (χ1n) is 10.9. The predicted molar refractivity (Wildman–Crippen MR) is 130 cm³/mol. The molecule has 2 aromatic heterocycles. The molecule has 8 heteroatoms. The molecule has 0 unspecified atom stereocenters. The van der Waals surface area contributed by atoms with Gasteiger partial charge in [0.2, 0.25) is 5.95 Å². The van der Waals surface area contributed by atoms with E-state index in [-0.39, 0.29) is 5.82 Å². The van der Waals surface area contributed by atoms with Gasteiger partial charge in [-0.05, 0) is 68.4 Å². The van der Waals surface area contributed by atoms with Crippen LogP contribution >= 0.6 is 11.3 Å². The Hall–Kier alpha value is -3.36. The van der Waals surface area contributed by atoms with Gasteiger partial charge >= 0.3 is 0 Å². The highest BCUT2D eigenvalue weighted by atomic mass is 32.1. The minimum Gasteiger partial charge on any atom is -0.497 e. The molecule has 1 aliphatic heterocycles. The molecular weight excluding hydrogens is 437 g/mol. The molecule has 1 fully saturated rings. The number of thiazole rings is 1. The zero-order valence-corrected chi connectivity index (χ0v) is 19.0. The van der Waals surface area contributed by atoms with Gasteiger partial charge in [0.1, 0.15) is 11.6 Å². The third-order valence-corrected chi connectivity index (χ3v) is 6.90. The predicted octanol–water partition coefficient (Wildman–Crippen LogP) is 5.63. The van der Waals surface area contributed by atoms with E-state index in [0.29, 0.717) is 11.9 Å². The van der Waals surface area contributed by atoms with Crippen molar-refractivity contribution in [2.24, 2.45) is 0 Å². The zero-order valence-electron chi connectivity index (χ0n) is 18.2. The fourth-order valence-corrected chi connectivity index (χ4v) is 5.16. The summed E-state index contributed by atoms with van der Waals surface area (Å²) >= 11 is 1.67. The Morgan fingerprint density at radius 1 is 1.06 bits per heavy atom. The van der Waals surface area contributed by atoms with Crippen LogP contribution in [0.2, 0.25) is 0 Å². The Bertz CT molecular complexity index is 1240. The number of piperidine rings is 1. The molecule has 1 saturated heterocycles. The van der Waals surface area contributed by atoms with E-state index < -0.39 is 0 Å². The molecule has 0 aliphatic carbocycles. The van der Waals surface area contributed by atoms with E-state index >= 15 is 0 Å². The van der Waals surface area contributed by atoms with Crippen molar-refractivity contribution in [3.8, 4) is 27.6 Å². The molecule has 6 nitrogen and oxygen atoms in total. The Kier molecular flexibility index (Phi) is 6.28. The Morgan fingerprint density at radius 3 is 2.67 bits per heavy atom. The lowest BCUT2D eigenvalue weighted by Crippen LogP contribution is -2.26. The van der Waals surface area contributed by atoms with Crippen LogP contribution in [0.1, 0.15) is 23.8 Å². The maximum Gasteiger partial charge on any atom is 0.227 e. The van der Waals surface area contributed by atoms with Crippen molar-refractivity contribution in [3.63, 3.8) is 0 Å². The van der Waals surface area contributed by atoms with Crippen molar-refractivity contribution in [2.75, 3.05) is 25.5 Å². The Labute approximate surface area is 195 Å². The van der Waals surface area contributed by atoms with Crippen LogP contribution in [-0.2, 0) is 0 Å². The van der Waals surface area contributed by atoms with E-state index in [4.69, 9.17) is 14.7 Å². The van der Waals surface area contributed by atoms with Gasteiger partial charge in [-0.25, -0.2) is 19.3 Å². The number of hydrogen-bond acceptors (Lipinski definition) is 7. The highest BCUT2D eigenvalue weighted by molar-refractivity contribution is 7.15. The van der Waals surface area contributed by atoms with E-state index in [2.05, 4.69) is 15.6 Å². The van der Waals surface area contributed by atoms with Gasteiger partial charge < -0.3 is 15.4 Å². The van der Waals surface area contributed by atoms with Gasteiger partial charge in [0.25, 0.3) is 0 Å². The zero-order chi connectivity index (χ0) is 22.6. The van der Waals surface area contributed by atoms with E-state index in [1.54, 1.807) is 36.8 Å². The van der Waals surface area contributed by atoms with Crippen molar-refractivity contribution in [1.82, 2.24) is 20.3 Å². The molecule has 0 bridgehead atoms. The van der Waals surface area contributed by atoms with Gasteiger partial charge in [0, 0.05) is 29.4 Å². The Morgan fingerprint density at radius 2 is 1.88 bits per heavy atom. The fraction of sp³-hybridized carbons (Fsp3) is 0.240. The average Bonchev–Trinajstić information content (AvgIpc) is 3.31. The van der Waals surface area contributed by atoms with Gasteiger partial charge in [-0.3, -0.25) is 0 Å². The summed E-state index contributed by atoms with van der Waals surface area (Å²) in [6.45, 7) is 1.99. The highest BCUT2D eigenvalue weighted by Gasteiger charge is 2.23. The first kappa shape index (κ1) is 21.5. The summed E-state index contributed by atoms with van der Waals surface area (Å²) in [5.74, 6) is 1.40. The molecule has 4 aromatic rings. The first-order chi connectivity index (χ1) is 16.2. The number of hydrogen-bond donors (Lipinski definition) is 2. The molecule has 5 rings (SSSR count). The van der Waals surface area contributed by atoms with Crippen molar-refractivity contribution in [2.45, 2.75) is 18.8 Å². The molecule has 0 saturated carbocycles. The van der Waals surface area contributed by atoms with Crippen LogP contribution in [0, 0.1) is 5.82 Å². The van der Waals surface area contributed by atoms with Gasteiger partial charge in [-0.15, -0.1) is 11.3 Å². The SMILES string of the molecule is COc1cccc(Nc2nccc(-c3sc(C4CCNCC4)nc3-c3ccc(F)cc3)n2)c1. The number of benzene rings is 2. The van der Waals surface area contributed by atoms with Crippen LogP contribution in [0.3, 0.4) is 0 Å². The molecule has 0 radical (unpaired) electrons. The van der Waals surface area contributed by atoms with Gasteiger partial charge in [-0.1, -0.05) is 6.07 Å². The number of aromatic nitrogens is 3. The van der Waals surface area contributed by atoms with Crippen molar-refractivity contribution in [1.29, 1.82) is 0 Å². The van der Waals surface area contributed by atoms with E-state index in [1.807, 2.05) is 30.3 Å². The van der Waals surface area contributed by atoms with E-state index in [9.17, 15) is 4.39 Å². The molecule has 168 valence electrons. The second-order valence-electron chi connectivity index (χ2n) is 7.88. The lowest BCUT2D eigenvalue weighted by atomic mass is 9.99. The van der Waals surface area contributed by atoms with Crippen LogP contribution < -0.4 is 15.4 Å². The number of nitrogens with one attached hydrogen (secondary N) is 2. The van der Waals surface area contributed by atoms with Gasteiger partial charge in [0.15, 0.2) is 0 Å². The van der Waals surface area contributed by atoms with Crippen molar-refractivity contribution >= 4 is 23.0 Å². The van der Waals surface area contributed by atoms with Gasteiger partial charge in [0.05, 0.1) is 28.4 Å². The summed E-state index contributed by atoms with van der Waals surface area (Å²) in [4.78, 5) is 15.1. The number of methoxy groups -OCH3 is 1. The quantitative estimate of drug-likeness (QED) is 0.388. The largest absolute Gasteiger partial charge is 0.497 e. The second-order valence-corrected chi connectivity index (χ2v) is 8.91. The molecule has 33 heavy (non-hydrogen) atoms. The van der Waals surface area contributed by atoms with E-state index in [1.165, 1.54) is 12.1 Å². The number of halogens is 1. The van der Waals surface area contributed by atoms with Gasteiger partial charge in [-0.2, -0.15) is 0 Å². The van der Waals surface area contributed by atoms with Crippen molar-refractivity contribution < 1.29 is 9.13 Å². The van der Waals surface area contributed by atoms with Crippen LogP contribution in [-0.4, -0.2) is 35.2 Å². The second kappa shape index (κ2) is 9.64. The number of rotatable bonds is 6. The van der Waals surface area contributed by atoms with E-state index in [0.717, 1.165) is 64.2 Å². The maximum absolute atomic E-state index is 13.6. The number of anilines is 2. The normalized spacial score (nSPS) is 14.2. The van der Waals surface area contributed by atoms with Crippen LogP contribution in [0.25, 0.3) is 21.8 Å². The topological polar surface area (TPSA) is 72.0 Å². The summed E-state index contributed by atoms with van der Waals surface area (Å²) in [7, 11) is 1.64. The molecule has 0 spiro atoms. The molecule has 0 amide bonds. The number of nitrogens with zero attached hydrogens (tertiary/aromatic N) is 3. The summed E-state index contributed by atoms with van der Waals surface area (Å²) in [6, 6.07) is 16.0. The summed E-state index contributed by atoms with van der Waals surface area (Å²) < 4.78 is 18.9. The summed E-state index contributed by atoms with van der Waals surface area (Å²) in [5.41, 5.74) is 3.33. The minimum atomic E-state index is -0.263. The van der Waals surface area contributed by atoms with Crippen LogP contribution in [0.4, 0.5) is 16.0 Å². The first-order valence-corrected chi connectivity index (χ1v) is 11.7.